The van der Waals surface area contributed by atoms with Gasteiger partial charge in [-0.3, -0.25) is 0 Å². The zero-order valence-electron chi connectivity index (χ0n) is 17.8. The minimum absolute atomic E-state index is 1.02. The maximum absolute atomic E-state index is 2.46. The summed E-state index contributed by atoms with van der Waals surface area (Å²) in [6, 6.07) is 40.3. The lowest BCUT2D eigenvalue weighted by Gasteiger charge is -2.08. The summed E-state index contributed by atoms with van der Waals surface area (Å²) in [7, 11) is 0. The first-order chi connectivity index (χ1) is 15.8. The summed E-state index contributed by atoms with van der Waals surface area (Å²) in [4.78, 5) is 0. The quantitative estimate of drug-likeness (QED) is 0.272. The van der Waals surface area contributed by atoms with E-state index in [9.17, 15) is 0 Å². The Labute approximate surface area is 188 Å². The smallest absolute Gasteiger partial charge is 0.00130 e. The van der Waals surface area contributed by atoms with Gasteiger partial charge in [0.2, 0.25) is 0 Å². The van der Waals surface area contributed by atoms with Crippen LogP contribution < -0.4 is 0 Å². The molecule has 0 fully saturated rings. The number of fused-ring (bicyclic) bond motifs is 6. The van der Waals surface area contributed by atoms with Crippen LogP contribution in [0.15, 0.2) is 109 Å². The van der Waals surface area contributed by atoms with Gasteiger partial charge in [-0.15, -0.1) is 0 Å². The van der Waals surface area contributed by atoms with Gasteiger partial charge in [0.05, 0.1) is 0 Å². The Morgan fingerprint density at radius 3 is 1.16 bits per heavy atom. The lowest BCUT2D eigenvalue weighted by molar-refractivity contribution is 1.24. The van der Waals surface area contributed by atoms with E-state index in [-0.39, 0.29) is 0 Å². The Balaban J connectivity index is 1.27. The molecular formula is C32H22. The molecule has 2 aliphatic rings. The summed E-state index contributed by atoms with van der Waals surface area (Å²) in [5, 5.41) is 0. The van der Waals surface area contributed by atoms with Crippen molar-refractivity contribution >= 4 is 0 Å². The van der Waals surface area contributed by atoms with Gasteiger partial charge in [0, 0.05) is 0 Å². The third kappa shape index (κ3) is 2.70. The Hall–Kier alpha value is -3.90. The van der Waals surface area contributed by atoms with Crippen LogP contribution in [0.1, 0.15) is 22.3 Å². The Kier molecular flexibility index (Phi) is 3.77. The van der Waals surface area contributed by atoms with Crippen molar-refractivity contribution in [3.63, 3.8) is 0 Å². The standard InChI is InChI=1S/C32H22/c1-3-7-21(8-4-1)23-11-13-29-25(15-23)17-27-19-32-28(20-31(27)29)18-26-16-24(12-14-30(26)32)22-9-5-2-6-10-22/h1-16,19-20H,17-18H2. The first-order valence-electron chi connectivity index (χ1n) is 11.4. The average molecular weight is 407 g/mol. The van der Waals surface area contributed by atoms with Gasteiger partial charge in [-0.2, -0.15) is 0 Å². The topological polar surface area (TPSA) is 0 Å². The highest BCUT2D eigenvalue weighted by Crippen LogP contribution is 2.46. The van der Waals surface area contributed by atoms with Gasteiger partial charge in [0.15, 0.2) is 0 Å². The minimum Gasteiger partial charge on any atom is -0.0622 e. The first-order valence-corrected chi connectivity index (χ1v) is 11.4. The monoisotopic (exact) mass is 406 g/mol. The van der Waals surface area contributed by atoms with E-state index in [1.54, 1.807) is 0 Å². The van der Waals surface area contributed by atoms with Crippen molar-refractivity contribution in [2.75, 3.05) is 0 Å². The fourth-order valence-electron chi connectivity index (χ4n) is 5.52. The average Bonchev–Trinajstić information content (AvgIpc) is 3.39. The normalized spacial score (nSPS) is 12.8. The molecule has 0 radical (unpaired) electrons. The second kappa shape index (κ2) is 6.80. The zero-order chi connectivity index (χ0) is 21.1. The van der Waals surface area contributed by atoms with E-state index in [1.165, 1.54) is 66.8 Å². The molecule has 0 amide bonds. The van der Waals surface area contributed by atoms with Crippen molar-refractivity contribution in [3.05, 3.63) is 131 Å². The maximum atomic E-state index is 2.46. The maximum Gasteiger partial charge on any atom is -0.00130 e. The highest BCUT2D eigenvalue weighted by Gasteiger charge is 2.25. The van der Waals surface area contributed by atoms with E-state index in [4.69, 9.17) is 0 Å². The van der Waals surface area contributed by atoms with Crippen LogP contribution in [-0.4, -0.2) is 0 Å². The minimum atomic E-state index is 1.02. The van der Waals surface area contributed by atoms with E-state index in [0.29, 0.717) is 0 Å². The molecule has 5 aromatic rings. The summed E-state index contributed by atoms with van der Waals surface area (Å²) in [6.07, 6.45) is 2.05. The molecule has 0 aromatic heterocycles. The highest BCUT2D eigenvalue weighted by atomic mass is 14.3. The largest absolute Gasteiger partial charge is 0.0622 e. The predicted molar refractivity (Wildman–Crippen MR) is 134 cm³/mol. The van der Waals surface area contributed by atoms with Crippen LogP contribution in [0.3, 0.4) is 0 Å². The molecule has 7 rings (SSSR count). The van der Waals surface area contributed by atoms with Crippen LogP contribution in [0, 0.1) is 0 Å². The van der Waals surface area contributed by atoms with E-state index in [1.807, 2.05) is 0 Å². The third-order valence-electron chi connectivity index (χ3n) is 7.10. The van der Waals surface area contributed by atoms with E-state index in [0.717, 1.165) is 12.8 Å². The third-order valence-corrected chi connectivity index (χ3v) is 7.10. The van der Waals surface area contributed by atoms with Gasteiger partial charge >= 0.3 is 0 Å². The van der Waals surface area contributed by atoms with Crippen molar-refractivity contribution in [2.24, 2.45) is 0 Å². The Bertz CT molecular complexity index is 1370. The molecule has 0 spiro atoms. The predicted octanol–water partition coefficient (Wildman–Crippen LogP) is 8.16. The van der Waals surface area contributed by atoms with Gasteiger partial charge in [-0.1, -0.05) is 97.1 Å². The van der Waals surface area contributed by atoms with Crippen molar-refractivity contribution in [1.82, 2.24) is 0 Å². The summed E-state index contributed by atoms with van der Waals surface area (Å²) < 4.78 is 0. The second-order valence-electron chi connectivity index (χ2n) is 9.00. The van der Waals surface area contributed by atoms with Crippen molar-refractivity contribution in [1.29, 1.82) is 0 Å². The summed E-state index contributed by atoms with van der Waals surface area (Å²) in [5.74, 6) is 0. The summed E-state index contributed by atoms with van der Waals surface area (Å²) in [5.41, 5.74) is 16.7. The number of hydrogen-bond donors (Lipinski definition) is 0. The van der Waals surface area contributed by atoms with Gasteiger partial charge in [-0.05, 0) is 91.7 Å². The van der Waals surface area contributed by atoms with Crippen LogP contribution in [-0.2, 0) is 12.8 Å². The molecule has 0 bridgehead atoms. The van der Waals surface area contributed by atoms with Crippen LogP contribution >= 0.6 is 0 Å². The van der Waals surface area contributed by atoms with Crippen LogP contribution in [0.25, 0.3) is 44.5 Å². The molecule has 32 heavy (non-hydrogen) atoms. The fraction of sp³-hybridized carbons (Fsp3) is 0.0625. The number of benzene rings is 5. The van der Waals surface area contributed by atoms with Crippen LogP contribution in [0.5, 0.6) is 0 Å². The molecule has 0 heterocycles. The van der Waals surface area contributed by atoms with Crippen molar-refractivity contribution in [2.45, 2.75) is 12.8 Å². The Morgan fingerprint density at radius 1 is 0.312 bits per heavy atom. The van der Waals surface area contributed by atoms with Crippen molar-refractivity contribution in [3.8, 4) is 44.5 Å². The molecule has 5 aromatic carbocycles. The molecule has 0 atom stereocenters. The van der Waals surface area contributed by atoms with E-state index in [2.05, 4.69) is 109 Å². The molecule has 0 nitrogen and oxygen atoms in total. The van der Waals surface area contributed by atoms with Crippen LogP contribution in [0.4, 0.5) is 0 Å². The van der Waals surface area contributed by atoms with Gasteiger partial charge < -0.3 is 0 Å². The number of rotatable bonds is 2. The summed E-state index contributed by atoms with van der Waals surface area (Å²) in [6.45, 7) is 0. The lowest BCUT2D eigenvalue weighted by Crippen LogP contribution is -1.85. The van der Waals surface area contributed by atoms with Gasteiger partial charge in [0.1, 0.15) is 0 Å². The molecular weight excluding hydrogens is 384 g/mol. The lowest BCUT2D eigenvalue weighted by atomic mass is 9.96. The molecule has 0 aliphatic heterocycles. The molecule has 0 saturated carbocycles. The van der Waals surface area contributed by atoms with Crippen molar-refractivity contribution < 1.29 is 0 Å². The molecule has 2 aliphatic carbocycles. The molecule has 0 heteroatoms. The highest BCUT2D eigenvalue weighted by molar-refractivity contribution is 5.87. The number of hydrogen-bond acceptors (Lipinski definition) is 0. The molecule has 0 N–H and O–H groups in total. The Morgan fingerprint density at radius 2 is 0.719 bits per heavy atom. The van der Waals surface area contributed by atoms with E-state index < -0.39 is 0 Å². The molecule has 150 valence electrons. The van der Waals surface area contributed by atoms with Gasteiger partial charge in [0.25, 0.3) is 0 Å². The van der Waals surface area contributed by atoms with Gasteiger partial charge in [-0.25, -0.2) is 0 Å². The fourth-order valence-corrected chi connectivity index (χ4v) is 5.52. The SMILES string of the molecule is c1ccc(-c2ccc3c(c2)Cc2cc4c(cc2-3)Cc2cc(-c3ccccc3)ccc2-4)cc1. The zero-order valence-corrected chi connectivity index (χ0v) is 17.8. The molecule has 0 unspecified atom stereocenters. The second-order valence-corrected chi connectivity index (χ2v) is 9.00. The van der Waals surface area contributed by atoms with Crippen LogP contribution in [0.2, 0.25) is 0 Å². The van der Waals surface area contributed by atoms with E-state index >= 15 is 0 Å². The summed E-state index contributed by atoms with van der Waals surface area (Å²) >= 11 is 0. The molecule has 0 saturated heterocycles. The first kappa shape index (κ1) is 17.7.